The third kappa shape index (κ3) is 3.49. The number of hydrogen-bond donors (Lipinski definition) is 1. The molecule has 0 saturated heterocycles. The molecule has 0 spiro atoms. The molecule has 2 aromatic rings. The summed E-state index contributed by atoms with van der Waals surface area (Å²) >= 11 is 1.85. The quantitative estimate of drug-likeness (QED) is 0.796. The molecule has 0 aliphatic heterocycles. The van der Waals surface area contributed by atoms with E-state index in [2.05, 4.69) is 53.5 Å². The lowest BCUT2D eigenvalue weighted by Crippen LogP contribution is -2.23. The van der Waals surface area contributed by atoms with Crippen LogP contribution in [0, 0.1) is 0 Å². The summed E-state index contributed by atoms with van der Waals surface area (Å²) in [5, 5.41) is 10.4. The summed E-state index contributed by atoms with van der Waals surface area (Å²) in [5.74, 6) is 0. The standard InChI is InChI=1S/C16H25N3S/c1-4-8-17-15(16-13(6-3)7-10-20-16)14-11-18-19(12-14)9-5-2/h7,10-12,15,17H,4-6,8-9H2,1-3H3. The molecular weight excluding hydrogens is 266 g/mol. The van der Waals surface area contributed by atoms with E-state index in [4.69, 9.17) is 0 Å². The fourth-order valence-corrected chi connectivity index (χ4v) is 3.52. The second-order valence-corrected chi connectivity index (χ2v) is 6.04. The molecule has 4 heteroatoms. The van der Waals surface area contributed by atoms with Crippen molar-refractivity contribution in [2.75, 3.05) is 6.54 Å². The Kier molecular flexibility index (Phi) is 5.80. The molecule has 0 fully saturated rings. The van der Waals surface area contributed by atoms with Crippen molar-refractivity contribution in [1.82, 2.24) is 15.1 Å². The number of rotatable bonds is 8. The predicted octanol–water partition coefficient (Wildman–Crippen LogP) is 4.01. The Labute approximate surface area is 126 Å². The van der Waals surface area contributed by atoms with E-state index in [0.29, 0.717) is 0 Å². The van der Waals surface area contributed by atoms with Crippen LogP contribution in [0.2, 0.25) is 0 Å². The summed E-state index contributed by atoms with van der Waals surface area (Å²) in [7, 11) is 0. The summed E-state index contributed by atoms with van der Waals surface area (Å²) < 4.78 is 2.05. The summed E-state index contributed by atoms with van der Waals surface area (Å²) in [6.45, 7) is 8.64. The first-order valence-electron chi connectivity index (χ1n) is 7.62. The number of aromatic nitrogens is 2. The molecule has 0 aliphatic rings. The number of hydrogen-bond acceptors (Lipinski definition) is 3. The van der Waals surface area contributed by atoms with Crippen LogP contribution in [0.1, 0.15) is 55.7 Å². The summed E-state index contributed by atoms with van der Waals surface area (Å²) in [6.07, 6.45) is 7.56. The zero-order valence-corrected chi connectivity index (χ0v) is 13.5. The molecule has 0 amide bonds. The molecule has 0 saturated carbocycles. The van der Waals surface area contributed by atoms with Crippen molar-refractivity contribution >= 4 is 11.3 Å². The van der Waals surface area contributed by atoms with Crippen molar-refractivity contribution in [3.63, 3.8) is 0 Å². The molecule has 110 valence electrons. The summed E-state index contributed by atoms with van der Waals surface area (Å²) in [5.41, 5.74) is 2.73. The zero-order chi connectivity index (χ0) is 14.4. The molecule has 0 aliphatic carbocycles. The van der Waals surface area contributed by atoms with Gasteiger partial charge in [-0.3, -0.25) is 4.68 Å². The van der Waals surface area contributed by atoms with Crippen molar-refractivity contribution in [2.45, 2.75) is 52.6 Å². The minimum absolute atomic E-state index is 0.288. The van der Waals surface area contributed by atoms with Crippen molar-refractivity contribution in [3.8, 4) is 0 Å². The highest BCUT2D eigenvalue weighted by Gasteiger charge is 2.19. The van der Waals surface area contributed by atoms with Crippen LogP contribution in [0.15, 0.2) is 23.8 Å². The monoisotopic (exact) mass is 291 g/mol. The Hall–Kier alpha value is -1.13. The maximum absolute atomic E-state index is 4.48. The van der Waals surface area contributed by atoms with Crippen molar-refractivity contribution in [1.29, 1.82) is 0 Å². The number of aryl methyl sites for hydroxylation is 2. The zero-order valence-electron chi connectivity index (χ0n) is 12.7. The van der Waals surface area contributed by atoms with E-state index in [1.807, 2.05) is 17.5 Å². The average Bonchev–Trinajstić information content (AvgIpc) is 3.09. The van der Waals surface area contributed by atoms with Crippen molar-refractivity contribution in [3.05, 3.63) is 39.8 Å². The lowest BCUT2D eigenvalue weighted by molar-refractivity contribution is 0.590. The number of nitrogens with one attached hydrogen (secondary N) is 1. The molecule has 0 radical (unpaired) electrons. The van der Waals surface area contributed by atoms with Crippen molar-refractivity contribution < 1.29 is 0 Å². The van der Waals surface area contributed by atoms with E-state index >= 15 is 0 Å². The van der Waals surface area contributed by atoms with Gasteiger partial charge in [0, 0.05) is 23.2 Å². The van der Waals surface area contributed by atoms with Gasteiger partial charge >= 0.3 is 0 Å². The maximum Gasteiger partial charge on any atom is 0.0704 e. The molecular formula is C16H25N3S. The van der Waals surface area contributed by atoms with Gasteiger partial charge in [0.2, 0.25) is 0 Å². The molecule has 2 aromatic heterocycles. The fraction of sp³-hybridized carbons (Fsp3) is 0.562. The van der Waals surface area contributed by atoms with Gasteiger partial charge in [-0.1, -0.05) is 20.8 Å². The third-order valence-electron chi connectivity index (χ3n) is 3.46. The highest BCUT2D eigenvalue weighted by atomic mass is 32.1. The third-order valence-corrected chi connectivity index (χ3v) is 4.49. The molecule has 0 bridgehead atoms. The van der Waals surface area contributed by atoms with Gasteiger partial charge in [-0.05, 0) is 42.8 Å². The average molecular weight is 291 g/mol. The Bertz CT molecular complexity index is 515. The minimum Gasteiger partial charge on any atom is -0.305 e. The van der Waals surface area contributed by atoms with Crippen LogP contribution in [0.3, 0.4) is 0 Å². The van der Waals surface area contributed by atoms with Crippen LogP contribution in [-0.2, 0) is 13.0 Å². The topological polar surface area (TPSA) is 29.9 Å². The molecule has 2 heterocycles. The Balaban J connectivity index is 2.26. The predicted molar refractivity (Wildman–Crippen MR) is 86.4 cm³/mol. The van der Waals surface area contributed by atoms with Gasteiger partial charge in [0.25, 0.3) is 0 Å². The molecule has 20 heavy (non-hydrogen) atoms. The SMILES string of the molecule is CCCNC(c1cnn(CCC)c1)c1sccc1CC. The molecule has 0 aromatic carbocycles. The molecule has 1 N–H and O–H groups in total. The largest absolute Gasteiger partial charge is 0.305 e. The maximum atomic E-state index is 4.48. The van der Waals surface area contributed by atoms with Crippen molar-refractivity contribution in [2.24, 2.45) is 0 Å². The summed E-state index contributed by atoms with van der Waals surface area (Å²) in [4.78, 5) is 1.44. The second kappa shape index (κ2) is 7.60. The Morgan fingerprint density at radius 2 is 2.15 bits per heavy atom. The second-order valence-electron chi connectivity index (χ2n) is 5.09. The Morgan fingerprint density at radius 3 is 2.85 bits per heavy atom. The lowest BCUT2D eigenvalue weighted by Gasteiger charge is -2.17. The molecule has 3 nitrogen and oxygen atoms in total. The van der Waals surface area contributed by atoms with Crippen LogP contribution in [0.4, 0.5) is 0 Å². The van der Waals surface area contributed by atoms with Gasteiger partial charge in [0.1, 0.15) is 0 Å². The van der Waals surface area contributed by atoms with Crippen LogP contribution < -0.4 is 5.32 Å². The number of thiophene rings is 1. The van der Waals surface area contributed by atoms with E-state index in [9.17, 15) is 0 Å². The van der Waals surface area contributed by atoms with E-state index in [1.54, 1.807) is 0 Å². The summed E-state index contributed by atoms with van der Waals surface area (Å²) in [6, 6.07) is 2.53. The van der Waals surface area contributed by atoms with E-state index in [-0.39, 0.29) is 6.04 Å². The van der Waals surface area contributed by atoms with E-state index in [0.717, 1.165) is 32.4 Å². The first-order chi connectivity index (χ1) is 9.80. The van der Waals surface area contributed by atoms with Crippen LogP contribution >= 0.6 is 11.3 Å². The van der Waals surface area contributed by atoms with Gasteiger partial charge in [-0.25, -0.2) is 0 Å². The smallest absolute Gasteiger partial charge is 0.0704 e. The Morgan fingerprint density at radius 1 is 1.30 bits per heavy atom. The van der Waals surface area contributed by atoms with Gasteiger partial charge in [-0.15, -0.1) is 11.3 Å². The molecule has 2 rings (SSSR count). The fourth-order valence-electron chi connectivity index (χ4n) is 2.42. The van der Waals surface area contributed by atoms with Crippen LogP contribution in [-0.4, -0.2) is 16.3 Å². The first kappa shape index (κ1) is 15.3. The normalized spacial score (nSPS) is 12.8. The van der Waals surface area contributed by atoms with E-state index in [1.165, 1.54) is 16.0 Å². The van der Waals surface area contributed by atoms with Gasteiger partial charge < -0.3 is 5.32 Å². The number of nitrogens with zero attached hydrogens (tertiary/aromatic N) is 2. The van der Waals surface area contributed by atoms with Crippen LogP contribution in [0.25, 0.3) is 0 Å². The first-order valence-corrected chi connectivity index (χ1v) is 8.50. The van der Waals surface area contributed by atoms with Gasteiger partial charge in [0.05, 0.1) is 12.2 Å². The lowest BCUT2D eigenvalue weighted by atomic mass is 10.0. The molecule has 1 atom stereocenters. The molecule has 1 unspecified atom stereocenters. The van der Waals surface area contributed by atoms with Crippen LogP contribution in [0.5, 0.6) is 0 Å². The van der Waals surface area contributed by atoms with Gasteiger partial charge in [0.15, 0.2) is 0 Å². The van der Waals surface area contributed by atoms with E-state index < -0.39 is 0 Å². The van der Waals surface area contributed by atoms with Gasteiger partial charge in [-0.2, -0.15) is 5.10 Å². The highest BCUT2D eigenvalue weighted by molar-refractivity contribution is 7.10. The highest BCUT2D eigenvalue weighted by Crippen LogP contribution is 2.30. The minimum atomic E-state index is 0.288.